The summed E-state index contributed by atoms with van der Waals surface area (Å²) in [7, 11) is 1.91. The van der Waals surface area contributed by atoms with Gasteiger partial charge in [-0.2, -0.15) is 10.1 Å². The Labute approximate surface area is 204 Å². The first-order chi connectivity index (χ1) is 16.7. The second kappa shape index (κ2) is 9.79. The third kappa shape index (κ3) is 4.65. The summed E-state index contributed by atoms with van der Waals surface area (Å²) in [6.45, 7) is 3.86. The summed E-state index contributed by atoms with van der Waals surface area (Å²) in [5.74, 6) is 2.08. The highest BCUT2D eigenvalue weighted by Crippen LogP contribution is 2.41. The molecule has 182 valence electrons. The van der Waals surface area contributed by atoms with Crippen molar-refractivity contribution in [1.29, 1.82) is 0 Å². The van der Waals surface area contributed by atoms with Crippen LogP contribution in [0.25, 0.3) is 10.2 Å². The quantitative estimate of drug-likeness (QED) is 0.538. The molecule has 0 bridgehead atoms. The Balaban J connectivity index is 1.26. The minimum Gasteiger partial charge on any atom is -0.474 e. The van der Waals surface area contributed by atoms with E-state index in [1.807, 2.05) is 30.6 Å². The molecule has 0 spiro atoms. The van der Waals surface area contributed by atoms with Gasteiger partial charge in [-0.25, -0.2) is 4.98 Å². The molecule has 3 aromatic heterocycles. The van der Waals surface area contributed by atoms with Gasteiger partial charge < -0.3 is 14.8 Å². The molecule has 0 aromatic carbocycles. The SMILES string of the molecule is Cn1ccc(Nc2nc(OC3CCC(N4CCOCC4)CC3)c3c4c(sc3n2)CCCCC4)n1. The Morgan fingerprint density at radius 1 is 1.06 bits per heavy atom. The average Bonchev–Trinajstić information content (AvgIpc) is 3.34. The van der Waals surface area contributed by atoms with Gasteiger partial charge in [-0.1, -0.05) is 6.42 Å². The van der Waals surface area contributed by atoms with Crippen LogP contribution in [0.1, 0.15) is 55.4 Å². The van der Waals surface area contributed by atoms with Gasteiger partial charge in [0.1, 0.15) is 10.9 Å². The maximum Gasteiger partial charge on any atom is 0.233 e. The standard InChI is InChI=1S/C25H34N6O2S/c1-30-12-11-21(29-30)26-25-27-23(22-19-5-3-2-4-6-20(19)34-24(22)28-25)33-18-9-7-17(8-10-18)31-13-15-32-16-14-31/h11-12,17-18H,2-10,13-16H2,1H3,(H,26,27,28,29). The lowest BCUT2D eigenvalue weighted by Crippen LogP contribution is -2.46. The van der Waals surface area contributed by atoms with E-state index in [1.54, 1.807) is 4.68 Å². The van der Waals surface area contributed by atoms with E-state index in [2.05, 4.69) is 15.3 Å². The van der Waals surface area contributed by atoms with E-state index in [-0.39, 0.29) is 6.10 Å². The lowest BCUT2D eigenvalue weighted by molar-refractivity contribution is -0.00125. The smallest absolute Gasteiger partial charge is 0.233 e. The molecule has 1 aliphatic heterocycles. The van der Waals surface area contributed by atoms with Crippen molar-refractivity contribution in [3.05, 3.63) is 22.7 Å². The molecule has 1 saturated heterocycles. The first-order valence-electron chi connectivity index (χ1n) is 12.8. The topological polar surface area (TPSA) is 77.3 Å². The van der Waals surface area contributed by atoms with Crippen LogP contribution < -0.4 is 10.1 Å². The molecule has 2 aliphatic carbocycles. The minimum atomic E-state index is 0.208. The fourth-order valence-electron chi connectivity index (χ4n) is 5.67. The van der Waals surface area contributed by atoms with Crippen LogP contribution in [0, 0.1) is 0 Å². The van der Waals surface area contributed by atoms with Crippen molar-refractivity contribution >= 4 is 33.3 Å². The molecule has 6 rings (SSSR count). The number of aryl methyl sites for hydroxylation is 3. The van der Waals surface area contributed by atoms with Crippen molar-refractivity contribution in [3.8, 4) is 5.88 Å². The monoisotopic (exact) mass is 482 g/mol. The van der Waals surface area contributed by atoms with Crippen LogP contribution in [-0.4, -0.2) is 63.1 Å². The molecule has 1 N–H and O–H groups in total. The van der Waals surface area contributed by atoms with Gasteiger partial charge in [0.25, 0.3) is 0 Å². The highest BCUT2D eigenvalue weighted by Gasteiger charge is 2.29. The molecule has 4 heterocycles. The number of anilines is 2. The van der Waals surface area contributed by atoms with Crippen molar-refractivity contribution in [3.63, 3.8) is 0 Å². The van der Waals surface area contributed by atoms with Gasteiger partial charge in [0, 0.05) is 43.3 Å². The Kier molecular flexibility index (Phi) is 6.41. The highest BCUT2D eigenvalue weighted by molar-refractivity contribution is 7.18. The Hall–Kier alpha value is -2.23. The van der Waals surface area contributed by atoms with Gasteiger partial charge in [0.15, 0.2) is 5.82 Å². The number of fused-ring (bicyclic) bond motifs is 3. The molecule has 1 saturated carbocycles. The van der Waals surface area contributed by atoms with Gasteiger partial charge in [-0.3, -0.25) is 9.58 Å². The van der Waals surface area contributed by atoms with Crippen molar-refractivity contribution in [1.82, 2.24) is 24.6 Å². The van der Waals surface area contributed by atoms with Crippen molar-refractivity contribution in [2.45, 2.75) is 69.9 Å². The maximum absolute atomic E-state index is 6.70. The number of hydrogen-bond donors (Lipinski definition) is 1. The first kappa shape index (κ1) is 22.2. The molecule has 9 heteroatoms. The first-order valence-corrected chi connectivity index (χ1v) is 13.6. The highest BCUT2D eigenvalue weighted by atomic mass is 32.1. The maximum atomic E-state index is 6.70. The van der Waals surface area contributed by atoms with Crippen LogP contribution in [0.3, 0.4) is 0 Å². The zero-order chi connectivity index (χ0) is 22.9. The Morgan fingerprint density at radius 3 is 2.68 bits per heavy atom. The molecular formula is C25H34N6O2S. The fourth-order valence-corrected chi connectivity index (χ4v) is 6.92. The van der Waals surface area contributed by atoms with Crippen LogP contribution in [-0.2, 0) is 24.6 Å². The third-order valence-electron chi connectivity index (χ3n) is 7.47. The van der Waals surface area contributed by atoms with E-state index in [1.165, 1.54) is 42.5 Å². The van der Waals surface area contributed by atoms with Crippen LogP contribution in [0.15, 0.2) is 12.3 Å². The molecule has 3 aromatic rings. The minimum absolute atomic E-state index is 0.208. The van der Waals surface area contributed by atoms with Crippen LogP contribution in [0.2, 0.25) is 0 Å². The van der Waals surface area contributed by atoms with Crippen molar-refractivity contribution in [2.75, 3.05) is 31.6 Å². The lowest BCUT2D eigenvalue weighted by Gasteiger charge is -2.38. The van der Waals surface area contributed by atoms with Gasteiger partial charge in [-0.05, 0) is 56.9 Å². The molecule has 0 atom stereocenters. The van der Waals surface area contributed by atoms with E-state index in [4.69, 9.17) is 19.4 Å². The number of nitrogens with one attached hydrogen (secondary N) is 1. The summed E-state index contributed by atoms with van der Waals surface area (Å²) in [5, 5.41) is 8.88. The lowest BCUT2D eigenvalue weighted by atomic mass is 9.91. The number of ether oxygens (including phenoxy) is 2. The molecule has 0 unspecified atom stereocenters. The van der Waals surface area contributed by atoms with Gasteiger partial charge in [0.05, 0.1) is 18.6 Å². The van der Waals surface area contributed by atoms with Crippen LogP contribution in [0.5, 0.6) is 5.88 Å². The predicted molar refractivity (Wildman–Crippen MR) is 134 cm³/mol. The summed E-state index contributed by atoms with van der Waals surface area (Å²) in [6.07, 6.45) is 12.7. The van der Waals surface area contributed by atoms with Gasteiger partial charge in [0.2, 0.25) is 11.8 Å². The normalized spacial score (nSPS) is 24.0. The Morgan fingerprint density at radius 2 is 1.88 bits per heavy atom. The second-order valence-electron chi connectivity index (χ2n) is 9.79. The largest absolute Gasteiger partial charge is 0.474 e. The van der Waals surface area contributed by atoms with Crippen LogP contribution in [0.4, 0.5) is 11.8 Å². The average molecular weight is 483 g/mol. The Bertz CT molecular complexity index is 1130. The summed E-state index contributed by atoms with van der Waals surface area (Å²) in [6, 6.07) is 2.60. The van der Waals surface area contributed by atoms with Crippen LogP contribution >= 0.6 is 11.3 Å². The molecule has 3 aliphatic rings. The number of morpholine rings is 1. The van der Waals surface area contributed by atoms with Gasteiger partial charge in [-0.15, -0.1) is 11.3 Å². The van der Waals surface area contributed by atoms with Crippen molar-refractivity contribution < 1.29 is 9.47 Å². The second-order valence-corrected chi connectivity index (χ2v) is 10.9. The number of aromatic nitrogens is 4. The summed E-state index contributed by atoms with van der Waals surface area (Å²) >= 11 is 1.82. The number of hydrogen-bond acceptors (Lipinski definition) is 8. The summed E-state index contributed by atoms with van der Waals surface area (Å²) in [5.41, 5.74) is 1.43. The number of thiophene rings is 1. The number of rotatable bonds is 5. The predicted octanol–water partition coefficient (Wildman–Crippen LogP) is 4.46. The third-order valence-corrected chi connectivity index (χ3v) is 8.65. The van der Waals surface area contributed by atoms with E-state index in [0.29, 0.717) is 12.0 Å². The van der Waals surface area contributed by atoms with E-state index < -0.39 is 0 Å². The molecule has 8 nitrogen and oxygen atoms in total. The zero-order valence-corrected chi connectivity index (χ0v) is 20.8. The zero-order valence-electron chi connectivity index (χ0n) is 20.0. The molecule has 2 fully saturated rings. The fraction of sp³-hybridized carbons (Fsp3) is 0.640. The van der Waals surface area contributed by atoms with E-state index in [0.717, 1.165) is 73.9 Å². The van der Waals surface area contributed by atoms with Crippen molar-refractivity contribution in [2.24, 2.45) is 7.05 Å². The van der Waals surface area contributed by atoms with Gasteiger partial charge >= 0.3 is 0 Å². The summed E-state index contributed by atoms with van der Waals surface area (Å²) < 4.78 is 14.0. The number of nitrogens with zero attached hydrogens (tertiary/aromatic N) is 5. The molecule has 34 heavy (non-hydrogen) atoms. The molecular weight excluding hydrogens is 448 g/mol. The van der Waals surface area contributed by atoms with E-state index in [9.17, 15) is 0 Å². The summed E-state index contributed by atoms with van der Waals surface area (Å²) in [4.78, 5) is 14.9. The molecule has 0 radical (unpaired) electrons. The van der Waals surface area contributed by atoms with E-state index >= 15 is 0 Å². The molecule has 0 amide bonds.